The summed E-state index contributed by atoms with van der Waals surface area (Å²) in [7, 11) is 1.59. The van der Waals surface area contributed by atoms with E-state index < -0.39 is 11.7 Å². The van der Waals surface area contributed by atoms with Crippen LogP contribution in [0.1, 0.15) is 10.4 Å². The minimum atomic E-state index is -0.596. The van der Waals surface area contributed by atoms with Crippen molar-refractivity contribution >= 4 is 17.3 Å². The summed E-state index contributed by atoms with van der Waals surface area (Å²) in [4.78, 5) is 12.1. The van der Waals surface area contributed by atoms with Gasteiger partial charge in [0.15, 0.2) is 0 Å². The molecule has 0 atom stereocenters. The molecule has 4 N–H and O–H groups in total. The number of hydrazine groups is 1. The lowest BCUT2D eigenvalue weighted by Crippen LogP contribution is -2.18. The van der Waals surface area contributed by atoms with Crippen LogP contribution in [-0.2, 0) is 11.3 Å². The molecule has 0 radical (unpaired) electrons. The molecule has 2 aromatic rings. The third kappa shape index (κ3) is 3.56. The van der Waals surface area contributed by atoms with Gasteiger partial charge < -0.3 is 15.5 Å². The number of methoxy groups -OCH3 is 1. The normalized spacial score (nSPS) is 10.4. The molecule has 0 unspecified atom stereocenters. The minimum Gasteiger partial charge on any atom is -0.383 e. The first-order chi connectivity index (χ1) is 10.2. The number of nitrogens with one attached hydrogen (secondary N) is 2. The lowest BCUT2D eigenvalue weighted by atomic mass is 10.1. The van der Waals surface area contributed by atoms with Gasteiger partial charge in [-0.3, -0.25) is 15.3 Å². The first kappa shape index (κ1) is 14.9. The van der Waals surface area contributed by atoms with Crippen LogP contribution in [-0.4, -0.2) is 29.4 Å². The van der Waals surface area contributed by atoms with Crippen LogP contribution in [0.4, 0.5) is 15.8 Å². The Balaban J connectivity index is 2.11. The molecule has 1 heterocycles. The van der Waals surface area contributed by atoms with Gasteiger partial charge in [-0.25, -0.2) is 4.39 Å². The molecule has 8 heteroatoms. The molecule has 0 aliphatic carbocycles. The fourth-order valence-electron chi connectivity index (χ4n) is 1.79. The third-order valence-corrected chi connectivity index (χ3v) is 2.82. The maximum atomic E-state index is 13.5. The Hall–Kier alpha value is -2.45. The molecule has 1 amide bonds. The second-order valence-electron chi connectivity index (χ2n) is 4.25. The van der Waals surface area contributed by atoms with Crippen LogP contribution in [0.15, 0.2) is 30.6 Å². The number of carbonyl (C=O) groups excluding carboxylic acids is 1. The van der Waals surface area contributed by atoms with Gasteiger partial charge in [0.05, 0.1) is 36.3 Å². The summed E-state index contributed by atoms with van der Waals surface area (Å²) in [6.07, 6.45) is 3.16. The van der Waals surface area contributed by atoms with E-state index in [1.54, 1.807) is 18.0 Å². The molecule has 112 valence electrons. The highest BCUT2D eigenvalue weighted by atomic mass is 19.1. The van der Waals surface area contributed by atoms with Gasteiger partial charge in [-0.05, 0) is 12.1 Å². The lowest BCUT2D eigenvalue weighted by molar-refractivity contribution is 0.102. The molecule has 0 fully saturated rings. The first-order valence-corrected chi connectivity index (χ1v) is 6.23. The van der Waals surface area contributed by atoms with Crippen LogP contribution in [0.3, 0.4) is 0 Å². The molecule has 0 saturated heterocycles. The third-order valence-electron chi connectivity index (χ3n) is 2.82. The van der Waals surface area contributed by atoms with Crippen molar-refractivity contribution in [3.05, 3.63) is 42.0 Å². The number of para-hydroxylation sites is 1. The molecule has 21 heavy (non-hydrogen) atoms. The second kappa shape index (κ2) is 6.82. The van der Waals surface area contributed by atoms with Crippen molar-refractivity contribution in [2.24, 2.45) is 5.84 Å². The van der Waals surface area contributed by atoms with Crippen molar-refractivity contribution in [1.29, 1.82) is 0 Å². The highest BCUT2D eigenvalue weighted by Crippen LogP contribution is 2.20. The summed E-state index contributed by atoms with van der Waals surface area (Å²) in [5.41, 5.74) is 2.75. The Morgan fingerprint density at radius 3 is 3.05 bits per heavy atom. The molecule has 1 aromatic heterocycles. The van der Waals surface area contributed by atoms with Crippen LogP contribution in [0.5, 0.6) is 0 Å². The summed E-state index contributed by atoms with van der Waals surface area (Å²) in [5.74, 6) is 4.17. The maximum absolute atomic E-state index is 13.5. The molecule has 0 aliphatic rings. The van der Waals surface area contributed by atoms with E-state index in [4.69, 9.17) is 10.6 Å². The Morgan fingerprint density at radius 2 is 2.33 bits per heavy atom. The number of amides is 1. The number of nitrogen functional groups attached to an aromatic ring is 1. The molecule has 7 nitrogen and oxygen atoms in total. The predicted octanol–water partition coefficient (Wildman–Crippen LogP) is 1.21. The SMILES string of the molecule is COCCn1cc(NC(=O)c2cccc(F)c2NN)cn1. The van der Waals surface area contributed by atoms with Crippen molar-refractivity contribution in [2.45, 2.75) is 6.54 Å². The van der Waals surface area contributed by atoms with Crippen LogP contribution >= 0.6 is 0 Å². The van der Waals surface area contributed by atoms with E-state index in [2.05, 4.69) is 15.8 Å². The Bertz CT molecular complexity index is 629. The zero-order chi connectivity index (χ0) is 15.2. The molecular formula is C13H16FN5O2. The van der Waals surface area contributed by atoms with E-state index in [1.165, 1.54) is 24.4 Å². The molecule has 1 aromatic carbocycles. The second-order valence-corrected chi connectivity index (χ2v) is 4.25. The van der Waals surface area contributed by atoms with Gasteiger partial charge in [-0.15, -0.1) is 0 Å². The Morgan fingerprint density at radius 1 is 1.52 bits per heavy atom. The highest BCUT2D eigenvalue weighted by Gasteiger charge is 2.15. The number of carbonyl (C=O) groups is 1. The molecule has 0 spiro atoms. The lowest BCUT2D eigenvalue weighted by Gasteiger charge is -2.09. The first-order valence-electron chi connectivity index (χ1n) is 6.23. The number of ether oxygens (including phenoxy) is 1. The Kier molecular flexibility index (Phi) is 4.85. The van der Waals surface area contributed by atoms with Gasteiger partial charge in [-0.2, -0.15) is 5.10 Å². The number of hydrogen-bond acceptors (Lipinski definition) is 5. The number of rotatable bonds is 6. The molecular weight excluding hydrogens is 277 g/mol. The quantitative estimate of drug-likeness (QED) is 0.549. The van der Waals surface area contributed by atoms with Gasteiger partial charge in [0.2, 0.25) is 0 Å². The van der Waals surface area contributed by atoms with Gasteiger partial charge in [0, 0.05) is 13.3 Å². The zero-order valence-corrected chi connectivity index (χ0v) is 11.5. The topological polar surface area (TPSA) is 94.2 Å². The van der Waals surface area contributed by atoms with Gasteiger partial charge >= 0.3 is 0 Å². The number of nitrogens with zero attached hydrogens (tertiary/aromatic N) is 2. The van der Waals surface area contributed by atoms with E-state index >= 15 is 0 Å². The number of nitrogens with two attached hydrogens (primary N) is 1. The van der Waals surface area contributed by atoms with Crippen molar-refractivity contribution in [2.75, 3.05) is 24.5 Å². The number of halogens is 1. The van der Waals surface area contributed by atoms with Crippen LogP contribution < -0.4 is 16.6 Å². The molecule has 0 saturated carbocycles. The number of anilines is 2. The smallest absolute Gasteiger partial charge is 0.258 e. The van der Waals surface area contributed by atoms with Crippen molar-refractivity contribution < 1.29 is 13.9 Å². The average Bonchev–Trinajstić information content (AvgIpc) is 2.92. The molecule has 0 aliphatic heterocycles. The largest absolute Gasteiger partial charge is 0.383 e. The standard InChI is InChI=1S/C13H16FN5O2/c1-21-6-5-19-8-9(7-16-19)17-13(20)10-3-2-4-11(14)12(10)18-15/h2-4,7-8,18H,5-6,15H2,1H3,(H,17,20). The molecule has 0 bridgehead atoms. The van der Waals surface area contributed by atoms with E-state index in [0.29, 0.717) is 18.8 Å². The number of aromatic nitrogens is 2. The van der Waals surface area contributed by atoms with Gasteiger partial charge in [0.1, 0.15) is 5.82 Å². The maximum Gasteiger partial charge on any atom is 0.258 e. The van der Waals surface area contributed by atoms with Gasteiger partial charge in [-0.1, -0.05) is 6.07 Å². The fraction of sp³-hybridized carbons (Fsp3) is 0.231. The summed E-state index contributed by atoms with van der Waals surface area (Å²) in [6, 6.07) is 4.13. The monoisotopic (exact) mass is 293 g/mol. The van der Waals surface area contributed by atoms with Crippen LogP contribution in [0, 0.1) is 5.82 Å². The van der Waals surface area contributed by atoms with Crippen molar-refractivity contribution in [3.8, 4) is 0 Å². The fourth-order valence-corrected chi connectivity index (χ4v) is 1.79. The van der Waals surface area contributed by atoms with E-state index in [0.717, 1.165) is 0 Å². The summed E-state index contributed by atoms with van der Waals surface area (Å²) in [6.45, 7) is 1.09. The van der Waals surface area contributed by atoms with Crippen LogP contribution in [0.25, 0.3) is 0 Å². The number of benzene rings is 1. The van der Waals surface area contributed by atoms with E-state index in [1.807, 2.05) is 0 Å². The summed E-state index contributed by atoms with van der Waals surface area (Å²) < 4.78 is 20.1. The average molecular weight is 293 g/mol. The minimum absolute atomic E-state index is 0.0539. The van der Waals surface area contributed by atoms with Gasteiger partial charge in [0.25, 0.3) is 5.91 Å². The zero-order valence-electron chi connectivity index (χ0n) is 11.5. The van der Waals surface area contributed by atoms with E-state index in [9.17, 15) is 9.18 Å². The molecule has 2 rings (SSSR count). The van der Waals surface area contributed by atoms with Crippen LogP contribution in [0.2, 0.25) is 0 Å². The number of hydrogen-bond donors (Lipinski definition) is 3. The van der Waals surface area contributed by atoms with Crippen molar-refractivity contribution in [3.63, 3.8) is 0 Å². The summed E-state index contributed by atoms with van der Waals surface area (Å²) >= 11 is 0. The Labute approximate surface area is 120 Å². The predicted molar refractivity (Wildman–Crippen MR) is 76.3 cm³/mol. The summed E-state index contributed by atoms with van der Waals surface area (Å²) in [5, 5.41) is 6.70. The highest BCUT2D eigenvalue weighted by molar-refractivity contribution is 6.07. The van der Waals surface area contributed by atoms with E-state index in [-0.39, 0.29) is 11.3 Å². The van der Waals surface area contributed by atoms with Crippen molar-refractivity contribution in [1.82, 2.24) is 9.78 Å².